The minimum atomic E-state index is -0.475. The SMILES string of the molecule is CC(O)C1CCCN(C(=O)Nc2ccc(Br)cc2F)C1. The van der Waals surface area contributed by atoms with Gasteiger partial charge in [-0.05, 0) is 38.0 Å². The van der Waals surface area contributed by atoms with Crippen LogP contribution in [0.25, 0.3) is 0 Å². The Morgan fingerprint density at radius 2 is 2.35 bits per heavy atom. The molecule has 0 aromatic heterocycles. The average molecular weight is 345 g/mol. The summed E-state index contributed by atoms with van der Waals surface area (Å²) in [5, 5.41) is 12.2. The van der Waals surface area contributed by atoms with Crippen molar-refractivity contribution in [3.05, 3.63) is 28.5 Å². The molecule has 4 nitrogen and oxygen atoms in total. The largest absolute Gasteiger partial charge is 0.393 e. The number of benzene rings is 1. The molecular formula is C14H18BrFN2O2. The lowest BCUT2D eigenvalue weighted by molar-refractivity contribution is 0.0766. The summed E-state index contributed by atoms with van der Waals surface area (Å²) in [6.45, 7) is 2.87. The van der Waals surface area contributed by atoms with Gasteiger partial charge >= 0.3 is 6.03 Å². The Balaban J connectivity index is 2.00. The third-order valence-corrected chi connectivity index (χ3v) is 4.09. The first-order valence-corrected chi connectivity index (χ1v) is 7.45. The summed E-state index contributed by atoms with van der Waals surface area (Å²) in [6.07, 6.45) is 1.33. The highest BCUT2D eigenvalue weighted by molar-refractivity contribution is 9.10. The molecule has 1 aromatic rings. The number of nitrogens with one attached hydrogen (secondary N) is 1. The molecule has 0 aliphatic carbocycles. The van der Waals surface area contributed by atoms with E-state index in [-0.39, 0.29) is 17.6 Å². The van der Waals surface area contributed by atoms with Gasteiger partial charge in [-0.1, -0.05) is 15.9 Å². The lowest BCUT2D eigenvalue weighted by Crippen LogP contribution is -2.44. The number of hydrogen-bond donors (Lipinski definition) is 2. The van der Waals surface area contributed by atoms with Crippen LogP contribution in [0.1, 0.15) is 19.8 Å². The Hall–Kier alpha value is -1.14. The van der Waals surface area contributed by atoms with Gasteiger partial charge in [0, 0.05) is 23.5 Å². The van der Waals surface area contributed by atoms with Crippen molar-refractivity contribution in [2.75, 3.05) is 18.4 Å². The number of piperidine rings is 1. The minimum Gasteiger partial charge on any atom is -0.393 e. The third kappa shape index (κ3) is 3.70. The third-order valence-electron chi connectivity index (χ3n) is 3.60. The molecule has 110 valence electrons. The Bertz CT molecular complexity index is 496. The zero-order valence-electron chi connectivity index (χ0n) is 11.3. The zero-order chi connectivity index (χ0) is 14.7. The predicted molar refractivity (Wildman–Crippen MR) is 79.1 cm³/mol. The summed E-state index contributed by atoms with van der Waals surface area (Å²) in [5.74, 6) is -0.388. The first kappa shape index (κ1) is 15.3. The molecule has 2 rings (SSSR count). The summed E-state index contributed by atoms with van der Waals surface area (Å²) in [5.41, 5.74) is 0.164. The van der Waals surface area contributed by atoms with Crippen molar-refractivity contribution in [1.82, 2.24) is 4.90 Å². The van der Waals surface area contributed by atoms with E-state index in [1.54, 1.807) is 17.9 Å². The first-order chi connectivity index (χ1) is 9.47. The molecule has 1 fully saturated rings. The number of anilines is 1. The van der Waals surface area contributed by atoms with Gasteiger partial charge < -0.3 is 15.3 Å². The van der Waals surface area contributed by atoms with E-state index in [0.717, 1.165) is 12.8 Å². The van der Waals surface area contributed by atoms with Crippen molar-refractivity contribution in [2.24, 2.45) is 5.92 Å². The number of urea groups is 1. The molecule has 0 spiro atoms. The van der Waals surface area contributed by atoms with Crippen molar-refractivity contribution in [1.29, 1.82) is 0 Å². The molecule has 1 aliphatic heterocycles. The summed E-state index contributed by atoms with van der Waals surface area (Å²) in [4.78, 5) is 13.8. The fourth-order valence-corrected chi connectivity index (χ4v) is 2.71. The van der Waals surface area contributed by atoms with E-state index >= 15 is 0 Å². The first-order valence-electron chi connectivity index (χ1n) is 6.66. The maximum absolute atomic E-state index is 13.7. The van der Waals surface area contributed by atoms with E-state index < -0.39 is 11.9 Å². The highest BCUT2D eigenvalue weighted by Gasteiger charge is 2.26. The molecular weight excluding hydrogens is 327 g/mol. The number of amides is 2. The van der Waals surface area contributed by atoms with Gasteiger partial charge in [0.2, 0.25) is 0 Å². The van der Waals surface area contributed by atoms with Gasteiger partial charge in [-0.3, -0.25) is 0 Å². The molecule has 2 amide bonds. The van der Waals surface area contributed by atoms with Gasteiger partial charge in [-0.2, -0.15) is 0 Å². The summed E-state index contributed by atoms with van der Waals surface area (Å²) < 4.78 is 14.3. The van der Waals surface area contributed by atoms with E-state index in [4.69, 9.17) is 0 Å². The number of likely N-dealkylation sites (tertiary alicyclic amines) is 1. The van der Waals surface area contributed by atoms with E-state index in [9.17, 15) is 14.3 Å². The quantitative estimate of drug-likeness (QED) is 0.865. The fraction of sp³-hybridized carbons (Fsp3) is 0.500. The van der Waals surface area contributed by atoms with E-state index in [0.29, 0.717) is 17.6 Å². The smallest absolute Gasteiger partial charge is 0.321 e. The van der Waals surface area contributed by atoms with Crippen LogP contribution in [0.2, 0.25) is 0 Å². The zero-order valence-corrected chi connectivity index (χ0v) is 12.9. The second-order valence-electron chi connectivity index (χ2n) is 5.14. The van der Waals surface area contributed by atoms with Gasteiger partial charge in [-0.25, -0.2) is 9.18 Å². The van der Waals surface area contributed by atoms with Gasteiger partial charge in [0.25, 0.3) is 0 Å². The van der Waals surface area contributed by atoms with Crippen molar-refractivity contribution in [3.63, 3.8) is 0 Å². The maximum atomic E-state index is 13.7. The van der Waals surface area contributed by atoms with Crippen molar-refractivity contribution in [2.45, 2.75) is 25.9 Å². The van der Waals surface area contributed by atoms with E-state index in [2.05, 4.69) is 21.2 Å². The Labute approximate surface area is 126 Å². The fourth-order valence-electron chi connectivity index (χ4n) is 2.37. The van der Waals surface area contributed by atoms with Gasteiger partial charge in [0.1, 0.15) is 5.82 Å². The van der Waals surface area contributed by atoms with Crippen molar-refractivity contribution >= 4 is 27.6 Å². The number of nitrogens with zero attached hydrogens (tertiary/aromatic N) is 1. The van der Waals surface area contributed by atoms with Crippen LogP contribution in [0.5, 0.6) is 0 Å². The molecule has 0 radical (unpaired) electrons. The van der Waals surface area contributed by atoms with Crippen LogP contribution in [-0.4, -0.2) is 35.2 Å². The number of rotatable bonds is 2. The highest BCUT2D eigenvalue weighted by atomic mass is 79.9. The molecule has 2 atom stereocenters. The molecule has 2 N–H and O–H groups in total. The van der Waals surface area contributed by atoms with Crippen LogP contribution in [0.3, 0.4) is 0 Å². The number of carbonyl (C=O) groups excluding carboxylic acids is 1. The van der Waals surface area contributed by atoms with Crippen LogP contribution in [0.4, 0.5) is 14.9 Å². The van der Waals surface area contributed by atoms with Gasteiger partial charge in [-0.15, -0.1) is 0 Å². The van der Waals surface area contributed by atoms with Crippen LogP contribution in [0, 0.1) is 11.7 Å². The number of carbonyl (C=O) groups is 1. The molecule has 2 unspecified atom stereocenters. The molecule has 1 aliphatic rings. The van der Waals surface area contributed by atoms with E-state index in [1.165, 1.54) is 12.1 Å². The lowest BCUT2D eigenvalue weighted by atomic mass is 9.94. The summed E-state index contributed by atoms with van der Waals surface area (Å²) in [6, 6.07) is 4.18. The van der Waals surface area contributed by atoms with Crippen LogP contribution in [0.15, 0.2) is 22.7 Å². The minimum absolute atomic E-state index is 0.0873. The summed E-state index contributed by atoms with van der Waals surface area (Å²) >= 11 is 3.17. The second-order valence-corrected chi connectivity index (χ2v) is 6.06. The number of halogens is 2. The van der Waals surface area contributed by atoms with Gasteiger partial charge in [0.05, 0.1) is 11.8 Å². The average Bonchev–Trinajstić information content (AvgIpc) is 2.42. The normalized spacial score (nSPS) is 20.6. The highest BCUT2D eigenvalue weighted by Crippen LogP contribution is 2.22. The topological polar surface area (TPSA) is 52.6 Å². The maximum Gasteiger partial charge on any atom is 0.321 e. The van der Waals surface area contributed by atoms with Crippen LogP contribution < -0.4 is 5.32 Å². The molecule has 0 saturated carbocycles. The van der Waals surface area contributed by atoms with Crippen LogP contribution in [-0.2, 0) is 0 Å². The molecule has 0 bridgehead atoms. The Kier molecular flexibility index (Phi) is 4.99. The summed E-state index contributed by atoms with van der Waals surface area (Å²) in [7, 11) is 0. The standard InChI is InChI=1S/C14H18BrFN2O2/c1-9(19)10-3-2-6-18(8-10)14(20)17-13-5-4-11(15)7-12(13)16/h4-5,7,9-10,19H,2-3,6,8H2,1H3,(H,17,20). The second kappa shape index (κ2) is 6.54. The molecule has 1 heterocycles. The monoisotopic (exact) mass is 344 g/mol. The molecule has 6 heteroatoms. The molecule has 1 aromatic carbocycles. The van der Waals surface area contributed by atoms with Gasteiger partial charge in [0.15, 0.2) is 0 Å². The van der Waals surface area contributed by atoms with E-state index in [1.807, 2.05) is 0 Å². The predicted octanol–water partition coefficient (Wildman–Crippen LogP) is 3.21. The molecule has 1 saturated heterocycles. The number of aliphatic hydroxyl groups is 1. The van der Waals surface area contributed by atoms with Crippen molar-refractivity contribution < 1.29 is 14.3 Å². The lowest BCUT2D eigenvalue weighted by Gasteiger charge is -2.34. The Morgan fingerprint density at radius 1 is 1.60 bits per heavy atom. The van der Waals surface area contributed by atoms with Crippen LogP contribution >= 0.6 is 15.9 Å². The molecule has 20 heavy (non-hydrogen) atoms. The Morgan fingerprint density at radius 3 is 3.00 bits per heavy atom. The number of aliphatic hydroxyl groups excluding tert-OH is 1. The number of hydrogen-bond acceptors (Lipinski definition) is 2. The van der Waals surface area contributed by atoms with Crippen molar-refractivity contribution in [3.8, 4) is 0 Å².